The van der Waals surface area contributed by atoms with E-state index in [0.717, 1.165) is 34.3 Å². The molecule has 1 heterocycles. The summed E-state index contributed by atoms with van der Waals surface area (Å²) in [7, 11) is 0. The lowest BCUT2D eigenvalue weighted by atomic mass is 10.1. The first-order chi connectivity index (χ1) is 13.1. The molecule has 27 heavy (non-hydrogen) atoms. The predicted octanol–water partition coefficient (Wildman–Crippen LogP) is 4.09. The van der Waals surface area contributed by atoms with Crippen LogP contribution in [0.1, 0.15) is 25.0 Å². The highest BCUT2D eigenvalue weighted by Crippen LogP contribution is 2.27. The number of nitrogens with zero attached hydrogens (tertiary/aromatic N) is 4. The number of thioether (sulfide) groups is 1. The van der Waals surface area contributed by atoms with Gasteiger partial charge in [0, 0.05) is 30.5 Å². The normalized spacial score (nSPS) is 10.4. The zero-order chi connectivity index (χ0) is 19.2. The summed E-state index contributed by atoms with van der Waals surface area (Å²) in [6, 6.07) is 17.3. The standard InChI is InChI=1S/C20H19N5OS/c1-3-25-19(15-8-10-18(11-9-15)22-14(2)26)23-24-20(25)27-13-17-7-5-4-6-16(17)12-21/h4-11H,3,13H2,1-2H3,(H,22,26). The molecule has 0 fully saturated rings. The zero-order valence-corrected chi connectivity index (χ0v) is 16.0. The maximum absolute atomic E-state index is 11.1. The molecule has 136 valence electrons. The Morgan fingerprint density at radius 3 is 2.59 bits per heavy atom. The van der Waals surface area contributed by atoms with Gasteiger partial charge in [-0.3, -0.25) is 4.79 Å². The van der Waals surface area contributed by atoms with Gasteiger partial charge in [0.2, 0.25) is 5.91 Å². The van der Waals surface area contributed by atoms with Crippen LogP contribution in [-0.4, -0.2) is 20.7 Å². The van der Waals surface area contributed by atoms with Gasteiger partial charge in [-0.2, -0.15) is 5.26 Å². The quantitative estimate of drug-likeness (QED) is 0.654. The van der Waals surface area contributed by atoms with E-state index >= 15 is 0 Å². The van der Waals surface area contributed by atoms with Crippen LogP contribution in [0.25, 0.3) is 11.4 Å². The van der Waals surface area contributed by atoms with Crippen molar-refractivity contribution >= 4 is 23.4 Å². The van der Waals surface area contributed by atoms with Crippen molar-refractivity contribution in [2.24, 2.45) is 0 Å². The third-order valence-corrected chi connectivity index (χ3v) is 5.01. The lowest BCUT2D eigenvalue weighted by Crippen LogP contribution is -2.05. The first kappa shape index (κ1) is 18.7. The predicted molar refractivity (Wildman–Crippen MR) is 106 cm³/mol. The third kappa shape index (κ3) is 4.36. The molecule has 0 aliphatic carbocycles. The van der Waals surface area contributed by atoms with Gasteiger partial charge in [0.05, 0.1) is 11.6 Å². The van der Waals surface area contributed by atoms with Gasteiger partial charge in [-0.15, -0.1) is 10.2 Å². The van der Waals surface area contributed by atoms with Gasteiger partial charge in [-0.25, -0.2) is 0 Å². The van der Waals surface area contributed by atoms with Gasteiger partial charge in [-0.1, -0.05) is 30.0 Å². The highest BCUT2D eigenvalue weighted by Gasteiger charge is 2.14. The van der Waals surface area contributed by atoms with E-state index in [1.165, 1.54) is 6.92 Å². The molecule has 1 amide bonds. The fraction of sp³-hybridized carbons (Fsp3) is 0.200. The van der Waals surface area contributed by atoms with Crippen molar-refractivity contribution in [1.82, 2.24) is 14.8 Å². The summed E-state index contributed by atoms with van der Waals surface area (Å²) in [5.74, 6) is 1.34. The second kappa shape index (κ2) is 8.52. The van der Waals surface area contributed by atoms with Crippen LogP contribution in [0.4, 0.5) is 5.69 Å². The molecule has 0 unspecified atom stereocenters. The van der Waals surface area contributed by atoms with Gasteiger partial charge < -0.3 is 9.88 Å². The topological polar surface area (TPSA) is 83.6 Å². The Kier molecular flexibility index (Phi) is 5.89. The van der Waals surface area contributed by atoms with Gasteiger partial charge in [0.15, 0.2) is 11.0 Å². The Bertz CT molecular complexity index is 988. The molecule has 1 N–H and O–H groups in total. The fourth-order valence-corrected chi connectivity index (χ4v) is 3.70. The maximum atomic E-state index is 11.1. The number of amides is 1. The number of benzene rings is 2. The van der Waals surface area contributed by atoms with Gasteiger partial charge in [0.25, 0.3) is 0 Å². The summed E-state index contributed by atoms with van der Waals surface area (Å²) in [6.45, 7) is 4.26. The van der Waals surface area contributed by atoms with Crippen LogP contribution in [0, 0.1) is 11.3 Å². The van der Waals surface area contributed by atoms with E-state index in [0.29, 0.717) is 11.3 Å². The van der Waals surface area contributed by atoms with E-state index in [9.17, 15) is 10.1 Å². The van der Waals surface area contributed by atoms with E-state index in [-0.39, 0.29) is 5.91 Å². The highest BCUT2D eigenvalue weighted by molar-refractivity contribution is 7.98. The number of nitrogens with one attached hydrogen (secondary N) is 1. The fourth-order valence-electron chi connectivity index (χ4n) is 2.70. The van der Waals surface area contributed by atoms with Crippen LogP contribution < -0.4 is 5.32 Å². The molecule has 0 aliphatic rings. The molecule has 0 saturated heterocycles. The SMILES string of the molecule is CCn1c(SCc2ccccc2C#N)nnc1-c1ccc(NC(C)=O)cc1. The number of hydrogen-bond donors (Lipinski definition) is 1. The Hall–Kier alpha value is -3.11. The number of aromatic nitrogens is 3. The van der Waals surface area contributed by atoms with Crippen LogP contribution in [-0.2, 0) is 17.1 Å². The molecule has 0 aliphatic heterocycles. The van der Waals surface area contributed by atoms with Crippen molar-refractivity contribution < 1.29 is 4.79 Å². The van der Waals surface area contributed by atoms with E-state index < -0.39 is 0 Å². The molecular weight excluding hydrogens is 358 g/mol. The first-order valence-corrected chi connectivity index (χ1v) is 9.53. The molecular formula is C20H19N5OS. The maximum Gasteiger partial charge on any atom is 0.221 e. The molecule has 1 aromatic heterocycles. The number of anilines is 1. The minimum absolute atomic E-state index is 0.101. The third-order valence-electron chi connectivity index (χ3n) is 3.99. The number of hydrogen-bond acceptors (Lipinski definition) is 5. The molecule has 0 radical (unpaired) electrons. The molecule has 3 aromatic rings. The van der Waals surface area contributed by atoms with Crippen molar-refractivity contribution in [3.8, 4) is 17.5 Å². The summed E-state index contributed by atoms with van der Waals surface area (Å²) >= 11 is 1.56. The molecule has 7 heteroatoms. The number of rotatable bonds is 6. The molecule has 6 nitrogen and oxygen atoms in total. The summed E-state index contributed by atoms with van der Waals surface area (Å²) in [6.07, 6.45) is 0. The largest absolute Gasteiger partial charge is 0.326 e. The summed E-state index contributed by atoms with van der Waals surface area (Å²) in [5.41, 5.74) is 3.34. The zero-order valence-electron chi connectivity index (χ0n) is 15.1. The summed E-state index contributed by atoms with van der Waals surface area (Å²) in [4.78, 5) is 11.1. The first-order valence-electron chi connectivity index (χ1n) is 8.54. The van der Waals surface area contributed by atoms with Gasteiger partial charge >= 0.3 is 0 Å². The average molecular weight is 377 g/mol. The molecule has 0 bridgehead atoms. The highest BCUT2D eigenvalue weighted by atomic mass is 32.2. The number of carbonyl (C=O) groups is 1. The minimum Gasteiger partial charge on any atom is -0.326 e. The lowest BCUT2D eigenvalue weighted by Gasteiger charge is -2.09. The summed E-state index contributed by atoms with van der Waals surface area (Å²) in [5, 5.41) is 21.5. The number of carbonyl (C=O) groups excluding carboxylic acids is 1. The van der Waals surface area contributed by atoms with Crippen LogP contribution in [0.3, 0.4) is 0 Å². The number of nitriles is 1. The monoisotopic (exact) mass is 377 g/mol. The smallest absolute Gasteiger partial charge is 0.221 e. The van der Waals surface area contributed by atoms with Crippen molar-refractivity contribution in [2.75, 3.05) is 5.32 Å². The summed E-state index contributed by atoms with van der Waals surface area (Å²) < 4.78 is 2.05. The van der Waals surface area contributed by atoms with Gasteiger partial charge in [0.1, 0.15) is 0 Å². The van der Waals surface area contributed by atoms with Crippen molar-refractivity contribution in [3.63, 3.8) is 0 Å². The molecule has 0 atom stereocenters. The van der Waals surface area contributed by atoms with Crippen LogP contribution in [0.2, 0.25) is 0 Å². The molecule has 3 rings (SSSR count). The van der Waals surface area contributed by atoms with Crippen LogP contribution in [0.5, 0.6) is 0 Å². The van der Waals surface area contributed by atoms with E-state index in [1.54, 1.807) is 11.8 Å². The van der Waals surface area contributed by atoms with Crippen molar-refractivity contribution in [1.29, 1.82) is 5.26 Å². The second-order valence-corrected chi connectivity index (χ2v) is 6.81. The molecule has 0 spiro atoms. The van der Waals surface area contributed by atoms with E-state index in [2.05, 4.69) is 21.6 Å². The second-order valence-electron chi connectivity index (χ2n) is 5.87. The lowest BCUT2D eigenvalue weighted by molar-refractivity contribution is -0.114. The van der Waals surface area contributed by atoms with Crippen molar-refractivity contribution in [2.45, 2.75) is 31.3 Å². The molecule has 2 aromatic carbocycles. The van der Waals surface area contributed by atoms with Crippen molar-refractivity contribution in [3.05, 3.63) is 59.7 Å². The van der Waals surface area contributed by atoms with Crippen LogP contribution in [0.15, 0.2) is 53.7 Å². The Morgan fingerprint density at radius 2 is 1.93 bits per heavy atom. The van der Waals surface area contributed by atoms with E-state index in [4.69, 9.17) is 0 Å². The Balaban J connectivity index is 1.80. The van der Waals surface area contributed by atoms with Gasteiger partial charge in [-0.05, 0) is 42.8 Å². The Labute approximate surface area is 162 Å². The minimum atomic E-state index is -0.101. The average Bonchev–Trinajstić information content (AvgIpc) is 3.09. The Morgan fingerprint density at radius 1 is 1.19 bits per heavy atom. The molecule has 0 saturated carbocycles. The van der Waals surface area contributed by atoms with E-state index in [1.807, 2.05) is 60.0 Å². The van der Waals surface area contributed by atoms with Crippen LogP contribution >= 0.6 is 11.8 Å².